The fraction of sp³-hybridized carbons (Fsp3) is 0. The molecule has 0 atom stereocenters. The Balaban J connectivity index is 1.75. The van der Waals surface area contributed by atoms with Crippen LogP contribution >= 0.6 is 0 Å². The molecular formula is C13H10N4O2. The molecule has 1 N–H and O–H groups in total. The minimum absolute atomic E-state index is 0.231. The van der Waals surface area contributed by atoms with Gasteiger partial charge in [-0.15, -0.1) is 0 Å². The zero-order valence-corrected chi connectivity index (χ0v) is 9.85. The summed E-state index contributed by atoms with van der Waals surface area (Å²) in [5, 5.41) is 2.73. The van der Waals surface area contributed by atoms with Gasteiger partial charge in [0.15, 0.2) is 0 Å². The summed E-state index contributed by atoms with van der Waals surface area (Å²) in [4.78, 5) is 20.0. The van der Waals surface area contributed by atoms with E-state index in [1.54, 1.807) is 47.7 Å². The van der Waals surface area contributed by atoms with Crippen LogP contribution in [0.2, 0.25) is 0 Å². The highest BCUT2D eigenvalue weighted by molar-refractivity contribution is 6.03. The molecule has 0 bridgehead atoms. The predicted molar refractivity (Wildman–Crippen MR) is 68.0 cm³/mol. The van der Waals surface area contributed by atoms with Crippen molar-refractivity contribution in [2.75, 3.05) is 5.32 Å². The molecule has 19 heavy (non-hydrogen) atoms. The molecular weight excluding hydrogens is 244 g/mol. The summed E-state index contributed by atoms with van der Waals surface area (Å²) < 4.78 is 6.63. The van der Waals surface area contributed by atoms with E-state index in [-0.39, 0.29) is 5.91 Å². The second-order valence-electron chi connectivity index (χ2n) is 3.84. The molecule has 0 aliphatic rings. The molecule has 0 spiro atoms. The fourth-order valence-corrected chi connectivity index (χ4v) is 1.60. The Labute approximate surface area is 108 Å². The maximum atomic E-state index is 11.8. The lowest BCUT2D eigenvalue weighted by atomic mass is 10.3. The lowest BCUT2D eigenvalue weighted by molar-refractivity contribution is 0.102. The highest BCUT2D eigenvalue weighted by Gasteiger charge is 2.07. The predicted octanol–water partition coefficient (Wildman–Crippen LogP) is 2.11. The molecule has 0 aromatic carbocycles. The van der Waals surface area contributed by atoms with E-state index in [0.717, 1.165) is 5.82 Å². The minimum atomic E-state index is -0.231. The molecule has 3 rings (SSSR count). The molecule has 94 valence electrons. The van der Waals surface area contributed by atoms with E-state index in [4.69, 9.17) is 4.42 Å². The first-order valence-electron chi connectivity index (χ1n) is 5.61. The Morgan fingerprint density at radius 2 is 2.26 bits per heavy atom. The number of hydrogen-bond acceptors (Lipinski definition) is 4. The van der Waals surface area contributed by atoms with Crippen LogP contribution in [0.3, 0.4) is 0 Å². The van der Waals surface area contributed by atoms with E-state index in [1.165, 1.54) is 12.5 Å². The highest BCUT2D eigenvalue weighted by Crippen LogP contribution is 2.11. The molecule has 1 amide bonds. The number of pyridine rings is 1. The van der Waals surface area contributed by atoms with Crippen LogP contribution in [0.1, 0.15) is 10.4 Å². The highest BCUT2D eigenvalue weighted by atomic mass is 16.3. The van der Waals surface area contributed by atoms with E-state index in [9.17, 15) is 4.79 Å². The lowest BCUT2D eigenvalue weighted by Gasteiger charge is -2.05. The van der Waals surface area contributed by atoms with Gasteiger partial charge < -0.3 is 9.73 Å². The first-order chi connectivity index (χ1) is 9.33. The first kappa shape index (κ1) is 11.2. The Kier molecular flexibility index (Phi) is 2.82. The number of carbonyl (C=O) groups is 1. The topological polar surface area (TPSA) is 73.0 Å². The van der Waals surface area contributed by atoms with E-state index in [1.807, 2.05) is 0 Å². The summed E-state index contributed by atoms with van der Waals surface area (Å²) in [6.07, 6.45) is 9.57. The first-order valence-corrected chi connectivity index (χ1v) is 5.61. The Morgan fingerprint density at radius 1 is 1.32 bits per heavy atom. The lowest BCUT2D eigenvalue weighted by Crippen LogP contribution is -2.11. The van der Waals surface area contributed by atoms with Gasteiger partial charge in [-0.3, -0.25) is 9.36 Å². The van der Waals surface area contributed by atoms with Crippen molar-refractivity contribution in [3.63, 3.8) is 0 Å². The number of aromatic nitrogens is 3. The third-order valence-electron chi connectivity index (χ3n) is 2.56. The van der Waals surface area contributed by atoms with Crippen molar-refractivity contribution in [1.82, 2.24) is 14.5 Å². The number of nitrogens with zero attached hydrogens (tertiary/aromatic N) is 3. The van der Waals surface area contributed by atoms with Gasteiger partial charge in [0.2, 0.25) is 0 Å². The van der Waals surface area contributed by atoms with Crippen LogP contribution in [0, 0.1) is 0 Å². The van der Waals surface area contributed by atoms with Crippen LogP contribution in [0.5, 0.6) is 0 Å². The van der Waals surface area contributed by atoms with Gasteiger partial charge in [-0.05, 0) is 18.2 Å². The molecule has 3 aromatic rings. The molecule has 0 aliphatic carbocycles. The third-order valence-corrected chi connectivity index (χ3v) is 2.56. The van der Waals surface area contributed by atoms with Gasteiger partial charge in [0.05, 0.1) is 23.7 Å². The number of anilines is 1. The van der Waals surface area contributed by atoms with E-state index in [2.05, 4.69) is 15.3 Å². The zero-order chi connectivity index (χ0) is 13.1. The molecule has 0 saturated heterocycles. The molecule has 6 heteroatoms. The van der Waals surface area contributed by atoms with Crippen molar-refractivity contribution < 1.29 is 9.21 Å². The summed E-state index contributed by atoms with van der Waals surface area (Å²) in [6.45, 7) is 0. The van der Waals surface area contributed by atoms with Gasteiger partial charge in [-0.2, -0.15) is 0 Å². The zero-order valence-electron chi connectivity index (χ0n) is 9.85. The van der Waals surface area contributed by atoms with Gasteiger partial charge in [0.25, 0.3) is 5.91 Å². The Morgan fingerprint density at radius 3 is 2.89 bits per heavy atom. The summed E-state index contributed by atoms with van der Waals surface area (Å²) in [5.74, 6) is 0.504. The summed E-state index contributed by atoms with van der Waals surface area (Å²) in [5.41, 5.74) is 1.09. The normalized spacial score (nSPS) is 10.3. The van der Waals surface area contributed by atoms with E-state index in [0.29, 0.717) is 11.3 Å². The Hall–Kier alpha value is -2.89. The maximum Gasteiger partial charge on any atom is 0.258 e. The van der Waals surface area contributed by atoms with Gasteiger partial charge in [0, 0.05) is 12.4 Å². The van der Waals surface area contributed by atoms with Gasteiger partial charge in [-0.25, -0.2) is 9.97 Å². The van der Waals surface area contributed by atoms with Crippen molar-refractivity contribution in [2.24, 2.45) is 0 Å². The maximum absolute atomic E-state index is 11.8. The van der Waals surface area contributed by atoms with Crippen LogP contribution in [0.4, 0.5) is 5.69 Å². The molecule has 3 aromatic heterocycles. The van der Waals surface area contributed by atoms with Gasteiger partial charge >= 0.3 is 0 Å². The monoisotopic (exact) mass is 254 g/mol. The molecule has 3 heterocycles. The number of rotatable bonds is 3. The fourth-order valence-electron chi connectivity index (χ4n) is 1.60. The second-order valence-corrected chi connectivity index (χ2v) is 3.84. The number of carbonyl (C=O) groups excluding carboxylic acids is 1. The molecule has 6 nitrogen and oxygen atoms in total. The van der Waals surface area contributed by atoms with Crippen molar-refractivity contribution >= 4 is 11.6 Å². The van der Waals surface area contributed by atoms with Crippen LogP contribution in [0.15, 0.2) is 60.1 Å². The smallest absolute Gasteiger partial charge is 0.258 e. The van der Waals surface area contributed by atoms with Crippen molar-refractivity contribution in [1.29, 1.82) is 0 Å². The summed E-state index contributed by atoms with van der Waals surface area (Å²) in [7, 11) is 0. The molecule has 0 saturated carbocycles. The third kappa shape index (κ3) is 2.37. The van der Waals surface area contributed by atoms with Crippen LogP contribution in [-0.2, 0) is 0 Å². The standard InChI is InChI=1S/C13H10N4O2/c18-13(10-3-6-19-8-10)16-11-1-2-12(15-7-11)17-5-4-14-9-17/h1-9H,(H,16,18). The largest absolute Gasteiger partial charge is 0.472 e. The van der Waals surface area contributed by atoms with Crippen molar-refractivity contribution in [3.05, 3.63) is 61.2 Å². The molecule has 0 fully saturated rings. The average Bonchev–Trinajstić information content (AvgIpc) is 3.13. The SMILES string of the molecule is O=C(Nc1ccc(-n2ccnc2)nc1)c1ccoc1. The molecule has 0 radical (unpaired) electrons. The number of hydrogen-bond donors (Lipinski definition) is 1. The van der Waals surface area contributed by atoms with Gasteiger partial charge in [-0.1, -0.05) is 0 Å². The van der Waals surface area contributed by atoms with Crippen molar-refractivity contribution in [3.8, 4) is 5.82 Å². The molecule has 0 aliphatic heterocycles. The van der Waals surface area contributed by atoms with Crippen LogP contribution < -0.4 is 5.32 Å². The summed E-state index contributed by atoms with van der Waals surface area (Å²) in [6, 6.07) is 5.18. The number of amides is 1. The second kappa shape index (κ2) is 4.77. The number of nitrogens with one attached hydrogen (secondary N) is 1. The van der Waals surface area contributed by atoms with E-state index >= 15 is 0 Å². The van der Waals surface area contributed by atoms with E-state index < -0.39 is 0 Å². The van der Waals surface area contributed by atoms with Crippen molar-refractivity contribution in [2.45, 2.75) is 0 Å². The van der Waals surface area contributed by atoms with Crippen LogP contribution in [-0.4, -0.2) is 20.4 Å². The number of imidazole rings is 1. The number of furan rings is 1. The Bertz CT molecular complexity index is 657. The van der Waals surface area contributed by atoms with Gasteiger partial charge in [0.1, 0.15) is 18.4 Å². The summed E-state index contributed by atoms with van der Waals surface area (Å²) >= 11 is 0. The van der Waals surface area contributed by atoms with Crippen LogP contribution in [0.25, 0.3) is 5.82 Å². The average molecular weight is 254 g/mol. The quantitative estimate of drug-likeness (QED) is 0.776. The molecule has 0 unspecified atom stereocenters. The minimum Gasteiger partial charge on any atom is -0.472 e.